The maximum Gasteiger partial charge on any atom is 0.263 e. The van der Waals surface area contributed by atoms with Gasteiger partial charge in [-0.05, 0) is 24.6 Å². The van der Waals surface area contributed by atoms with Gasteiger partial charge < -0.3 is 0 Å². The van der Waals surface area contributed by atoms with Gasteiger partial charge in [0.05, 0.1) is 17.8 Å². The van der Waals surface area contributed by atoms with Crippen molar-refractivity contribution in [1.82, 2.24) is 9.55 Å². The molecular formula is C21H15FN2O2S. The fraction of sp³-hybridized carbons (Fsp3) is 0.0952. The second-order valence-electron chi connectivity index (χ2n) is 6.20. The van der Waals surface area contributed by atoms with Gasteiger partial charge in [0.15, 0.2) is 5.78 Å². The Balaban J connectivity index is 1.82. The third-order valence-corrected chi connectivity index (χ3v) is 5.42. The average Bonchev–Trinajstić information content (AvgIpc) is 3.13. The molecule has 0 radical (unpaired) electrons. The van der Waals surface area contributed by atoms with E-state index in [-0.39, 0.29) is 17.2 Å². The van der Waals surface area contributed by atoms with Gasteiger partial charge in [-0.1, -0.05) is 42.5 Å². The first-order chi connectivity index (χ1) is 13.1. The Labute approximate surface area is 158 Å². The van der Waals surface area contributed by atoms with Gasteiger partial charge in [-0.3, -0.25) is 14.2 Å². The molecule has 0 aliphatic rings. The smallest absolute Gasteiger partial charge is 0.263 e. The molecule has 134 valence electrons. The maximum atomic E-state index is 13.2. The summed E-state index contributed by atoms with van der Waals surface area (Å²) in [5, 5.41) is 2.28. The summed E-state index contributed by atoms with van der Waals surface area (Å²) >= 11 is 1.35. The molecule has 2 aromatic heterocycles. The number of halogens is 1. The van der Waals surface area contributed by atoms with E-state index in [4.69, 9.17) is 0 Å². The summed E-state index contributed by atoms with van der Waals surface area (Å²) in [6.07, 6.45) is 1.42. The van der Waals surface area contributed by atoms with E-state index >= 15 is 0 Å². The Morgan fingerprint density at radius 3 is 2.52 bits per heavy atom. The van der Waals surface area contributed by atoms with Crippen molar-refractivity contribution in [2.24, 2.45) is 0 Å². The van der Waals surface area contributed by atoms with Crippen molar-refractivity contribution in [3.05, 3.63) is 88.0 Å². The van der Waals surface area contributed by atoms with Crippen LogP contribution in [0.2, 0.25) is 0 Å². The summed E-state index contributed by atoms with van der Waals surface area (Å²) in [6.45, 7) is 1.69. The van der Waals surface area contributed by atoms with Crippen molar-refractivity contribution in [1.29, 1.82) is 0 Å². The Bertz CT molecular complexity index is 1180. The zero-order chi connectivity index (χ0) is 19.0. The van der Waals surface area contributed by atoms with Crippen molar-refractivity contribution in [3.63, 3.8) is 0 Å². The molecule has 6 heteroatoms. The number of ketones is 1. The Hall–Kier alpha value is -3.12. The number of fused-ring (bicyclic) bond motifs is 1. The van der Waals surface area contributed by atoms with Crippen molar-refractivity contribution < 1.29 is 9.18 Å². The monoisotopic (exact) mass is 378 g/mol. The molecule has 4 nitrogen and oxygen atoms in total. The predicted molar refractivity (Wildman–Crippen MR) is 105 cm³/mol. The molecule has 0 fully saturated rings. The van der Waals surface area contributed by atoms with E-state index in [9.17, 15) is 14.0 Å². The minimum Gasteiger partial charge on any atom is -0.292 e. The highest BCUT2D eigenvalue weighted by atomic mass is 32.1. The molecule has 0 aliphatic carbocycles. The molecule has 27 heavy (non-hydrogen) atoms. The van der Waals surface area contributed by atoms with E-state index in [1.807, 2.05) is 11.4 Å². The average molecular weight is 378 g/mol. The largest absolute Gasteiger partial charge is 0.292 e. The molecule has 1 atom stereocenters. The van der Waals surface area contributed by atoms with Crippen LogP contribution in [0.4, 0.5) is 4.39 Å². The van der Waals surface area contributed by atoms with E-state index in [0.717, 1.165) is 5.56 Å². The summed E-state index contributed by atoms with van der Waals surface area (Å²) < 4.78 is 14.6. The molecular weight excluding hydrogens is 363 g/mol. The normalized spacial score (nSPS) is 12.2. The van der Waals surface area contributed by atoms with Crippen molar-refractivity contribution in [2.75, 3.05) is 0 Å². The second-order valence-corrected chi connectivity index (χ2v) is 7.06. The van der Waals surface area contributed by atoms with Gasteiger partial charge in [0.25, 0.3) is 5.56 Å². The van der Waals surface area contributed by atoms with Gasteiger partial charge in [-0.25, -0.2) is 9.37 Å². The minimum absolute atomic E-state index is 0.155. The number of nitrogens with zero attached hydrogens (tertiary/aromatic N) is 2. The van der Waals surface area contributed by atoms with Crippen molar-refractivity contribution >= 4 is 27.3 Å². The Morgan fingerprint density at radius 2 is 1.81 bits per heavy atom. The van der Waals surface area contributed by atoms with Crippen molar-refractivity contribution in [2.45, 2.75) is 13.0 Å². The highest BCUT2D eigenvalue weighted by Crippen LogP contribution is 2.31. The highest BCUT2D eigenvalue weighted by molar-refractivity contribution is 7.17. The van der Waals surface area contributed by atoms with Crippen LogP contribution < -0.4 is 5.56 Å². The molecule has 0 aliphatic heterocycles. The standard InChI is InChI=1S/C21H15FN2O2S/c1-13(19(25)15-5-3-2-4-6-15)24-12-23-20-18(21(24)26)17(11-27-20)14-7-9-16(22)10-8-14/h2-13H,1H3/t13-/m0/s1. The van der Waals surface area contributed by atoms with Crippen LogP contribution in [0, 0.1) is 5.82 Å². The number of carbonyl (C=O) groups excluding carboxylic acids is 1. The molecule has 0 saturated heterocycles. The first kappa shape index (κ1) is 17.3. The van der Waals surface area contributed by atoms with E-state index in [2.05, 4.69) is 4.98 Å². The molecule has 0 N–H and O–H groups in total. The molecule has 4 rings (SSSR count). The summed E-state index contributed by atoms with van der Waals surface area (Å²) in [6, 6.07) is 14.2. The van der Waals surface area contributed by atoms with Crippen LogP contribution in [0.3, 0.4) is 0 Å². The van der Waals surface area contributed by atoms with Gasteiger partial charge >= 0.3 is 0 Å². The van der Waals surface area contributed by atoms with Crippen molar-refractivity contribution in [3.8, 4) is 11.1 Å². The van der Waals surface area contributed by atoms with Crippen LogP contribution in [0.15, 0.2) is 71.1 Å². The Morgan fingerprint density at radius 1 is 1.11 bits per heavy atom. The Kier molecular flexibility index (Phi) is 4.41. The second kappa shape index (κ2) is 6.89. The molecule has 0 saturated carbocycles. The lowest BCUT2D eigenvalue weighted by Gasteiger charge is -2.14. The number of aromatic nitrogens is 2. The summed E-state index contributed by atoms with van der Waals surface area (Å²) in [7, 11) is 0. The van der Waals surface area contributed by atoms with Gasteiger partial charge in [-0.2, -0.15) is 0 Å². The number of Topliss-reactive ketones (excluding diaryl/α,β-unsaturated/α-hetero) is 1. The van der Waals surface area contributed by atoms with Crippen LogP contribution in [0.1, 0.15) is 23.3 Å². The lowest BCUT2D eigenvalue weighted by molar-refractivity contribution is 0.0932. The first-order valence-corrected chi connectivity index (χ1v) is 9.28. The molecule has 0 bridgehead atoms. The lowest BCUT2D eigenvalue weighted by atomic mass is 10.0. The first-order valence-electron chi connectivity index (χ1n) is 8.40. The van der Waals surface area contributed by atoms with E-state index < -0.39 is 6.04 Å². The predicted octanol–water partition coefficient (Wildman–Crippen LogP) is 4.71. The molecule has 2 aromatic carbocycles. The number of carbonyl (C=O) groups is 1. The molecule has 0 unspecified atom stereocenters. The quantitative estimate of drug-likeness (QED) is 0.483. The zero-order valence-electron chi connectivity index (χ0n) is 14.4. The van der Waals surface area contributed by atoms with Gasteiger partial charge in [0.1, 0.15) is 10.6 Å². The van der Waals surface area contributed by atoms with Crippen LogP contribution in [-0.4, -0.2) is 15.3 Å². The lowest BCUT2D eigenvalue weighted by Crippen LogP contribution is -2.28. The summed E-state index contributed by atoms with van der Waals surface area (Å²) in [5.41, 5.74) is 1.70. The number of hydrogen-bond donors (Lipinski definition) is 0. The number of benzene rings is 2. The third kappa shape index (κ3) is 3.08. The van der Waals surface area contributed by atoms with Crippen LogP contribution >= 0.6 is 11.3 Å². The molecule has 0 spiro atoms. The summed E-state index contributed by atoms with van der Waals surface area (Å²) in [5.74, 6) is -0.492. The fourth-order valence-electron chi connectivity index (χ4n) is 3.03. The van der Waals surface area contributed by atoms with Crippen LogP contribution in [0.25, 0.3) is 21.3 Å². The minimum atomic E-state index is -0.683. The van der Waals surface area contributed by atoms with Crippen LogP contribution in [-0.2, 0) is 0 Å². The summed E-state index contributed by atoms with van der Waals surface area (Å²) in [4.78, 5) is 30.8. The topological polar surface area (TPSA) is 52.0 Å². The SMILES string of the molecule is C[C@@H](C(=O)c1ccccc1)n1cnc2scc(-c3ccc(F)cc3)c2c1=O. The fourth-order valence-corrected chi connectivity index (χ4v) is 3.94. The third-order valence-electron chi connectivity index (χ3n) is 4.53. The van der Waals surface area contributed by atoms with Gasteiger partial charge in [-0.15, -0.1) is 11.3 Å². The van der Waals surface area contributed by atoms with Gasteiger partial charge in [0.2, 0.25) is 0 Å². The van der Waals surface area contributed by atoms with E-state index in [1.165, 1.54) is 34.4 Å². The van der Waals surface area contributed by atoms with Crippen LogP contribution in [0.5, 0.6) is 0 Å². The molecule has 4 aromatic rings. The number of hydrogen-bond acceptors (Lipinski definition) is 4. The molecule has 2 heterocycles. The maximum absolute atomic E-state index is 13.2. The van der Waals surface area contributed by atoms with E-state index in [1.54, 1.807) is 43.3 Å². The highest BCUT2D eigenvalue weighted by Gasteiger charge is 2.21. The zero-order valence-corrected chi connectivity index (χ0v) is 15.2. The number of rotatable bonds is 4. The van der Waals surface area contributed by atoms with E-state index in [0.29, 0.717) is 21.3 Å². The molecule has 0 amide bonds. The van der Waals surface area contributed by atoms with Gasteiger partial charge in [0, 0.05) is 16.5 Å². The number of thiophene rings is 1.